The lowest BCUT2D eigenvalue weighted by molar-refractivity contribution is -0.117. The molecule has 10 heteroatoms. The normalized spacial score (nSPS) is 16.7. The second-order valence-corrected chi connectivity index (χ2v) is 7.56. The number of Topliss-reactive ketones (excluding diaryl/α,β-unsaturated/α-hetero) is 1. The Hall–Kier alpha value is -3.24. The first-order valence-corrected chi connectivity index (χ1v) is 9.76. The number of ketones is 1. The Morgan fingerprint density at radius 1 is 1.25 bits per heavy atom. The van der Waals surface area contributed by atoms with Crippen LogP contribution in [0.2, 0.25) is 0 Å². The number of aliphatic hydroxyl groups is 1. The smallest absolute Gasteiger partial charge is 0.296 e. The van der Waals surface area contributed by atoms with Gasteiger partial charge in [0.05, 0.1) is 23.6 Å². The third kappa shape index (κ3) is 2.83. The number of rotatable bonds is 5. The number of phenols is 1. The maximum absolute atomic E-state index is 13.1. The van der Waals surface area contributed by atoms with Gasteiger partial charge in [0.15, 0.2) is 17.3 Å². The summed E-state index contributed by atoms with van der Waals surface area (Å²) in [6.07, 6.45) is 0. The number of aromatic nitrogens is 2. The van der Waals surface area contributed by atoms with Gasteiger partial charge in [-0.1, -0.05) is 23.5 Å². The van der Waals surface area contributed by atoms with E-state index >= 15 is 0 Å². The van der Waals surface area contributed by atoms with Gasteiger partial charge < -0.3 is 14.9 Å². The lowest BCUT2D eigenvalue weighted by atomic mass is 9.95. The summed E-state index contributed by atoms with van der Waals surface area (Å²) in [5.41, 5.74) is 1.87. The van der Waals surface area contributed by atoms with Crippen molar-refractivity contribution in [1.82, 2.24) is 10.2 Å². The van der Waals surface area contributed by atoms with E-state index in [2.05, 4.69) is 10.2 Å². The molecule has 0 spiro atoms. The van der Waals surface area contributed by atoms with Gasteiger partial charge in [-0.05, 0) is 29.1 Å². The van der Waals surface area contributed by atoms with Crippen molar-refractivity contribution in [2.45, 2.75) is 6.04 Å². The number of hydrogen-bond donors (Lipinski definition) is 2. The standard InChI is InChI=1S/C18H13N3O5S2/c1-26-11-7-9(4-5-10(11)22)14-13(15(23)12-3-2-6-27-12)16(24)17(25)21(14)18-20-19-8-28-18/h2-8,14,22,24H,1H3. The molecule has 1 atom stereocenters. The molecular weight excluding hydrogens is 402 g/mol. The molecule has 1 amide bonds. The lowest BCUT2D eigenvalue weighted by Gasteiger charge is -2.24. The second kappa shape index (κ2) is 7.06. The number of ether oxygens (including phenoxy) is 1. The molecule has 0 saturated carbocycles. The van der Waals surface area contributed by atoms with Crippen LogP contribution in [0.5, 0.6) is 11.5 Å². The van der Waals surface area contributed by atoms with Crippen LogP contribution in [0.1, 0.15) is 21.3 Å². The van der Waals surface area contributed by atoms with Crippen LogP contribution in [0.3, 0.4) is 0 Å². The van der Waals surface area contributed by atoms with E-state index in [0.29, 0.717) is 10.4 Å². The Morgan fingerprint density at radius 3 is 2.71 bits per heavy atom. The number of nitrogens with zero attached hydrogens (tertiary/aromatic N) is 3. The van der Waals surface area contributed by atoms with Crippen molar-refractivity contribution in [3.05, 3.63) is 63.0 Å². The number of methoxy groups -OCH3 is 1. The number of phenolic OH excluding ortho intramolecular Hbond substituents is 1. The number of anilines is 1. The predicted octanol–water partition coefficient (Wildman–Crippen LogP) is 3.10. The fourth-order valence-corrected chi connectivity index (χ4v) is 4.29. The number of benzene rings is 1. The molecular formula is C18H13N3O5S2. The van der Waals surface area contributed by atoms with Gasteiger partial charge in [0.2, 0.25) is 10.9 Å². The van der Waals surface area contributed by atoms with Crippen LogP contribution in [0.25, 0.3) is 0 Å². The molecule has 3 heterocycles. The quantitative estimate of drug-likeness (QED) is 0.616. The number of aromatic hydroxyl groups is 1. The SMILES string of the molecule is COc1cc(C2C(C(=O)c3cccs3)=C(O)C(=O)N2c2nncs2)ccc1O. The minimum absolute atomic E-state index is 0.0598. The van der Waals surface area contributed by atoms with Crippen molar-refractivity contribution in [3.8, 4) is 11.5 Å². The van der Waals surface area contributed by atoms with Crippen molar-refractivity contribution in [1.29, 1.82) is 0 Å². The molecule has 0 bridgehead atoms. The van der Waals surface area contributed by atoms with Crippen LogP contribution in [-0.4, -0.2) is 39.2 Å². The maximum atomic E-state index is 13.1. The molecule has 1 aromatic carbocycles. The van der Waals surface area contributed by atoms with Crippen molar-refractivity contribution in [3.63, 3.8) is 0 Å². The van der Waals surface area contributed by atoms with Gasteiger partial charge in [0.25, 0.3) is 5.91 Å². The van der Waals surface area contributed by atoms with E-state index in [-0.39, 0.29) is 22.2 Å². The molecule has 1 unspecified atom stereocenters. The molecule has 1 aliphatic rings. The zero-order valence-electron chi connectivity index (χ0n) is 14.4. The van der Waals surface area contributed by atoms with Crippen molar-refractivity contribution >= 4 is 39.5 Å². The summed E-state index contributed by atoms with van der Waals surface area (Å²) in [7, 11) is 1.40. The minimum Gasteiger partial charge on any atom is -0.504 e. The van der Waals surface area contributed by atoms with Crippen molar-refractivity contribution in [2.24, 2.45) is 0 Å². The number of carbonyl (C=O) groups is 2. The predicted molar refractivity (Wildman–Crippen MR) is 103 cm³/mol. The summed E-state index contributed by atoms with van der Waals surface area (Å²) >= 11 is 2.32. The maximum Gasteiger partial charge on any atom is 0.296 e. The van der Waals surface area contributed by atoms with Gasteiger partial charge in [0.1, 0.15) is 5.51 Å². The third-order valence-corrected chi connectivity index (χ3v) is 5.83. The zero-order valence-corrected chi connectivity index (χ0v) is 16.0. The van der Waals surface area contributed by atoms with Gasteiger partial charge >= 0.3 is 0 Å². The second-order valence-electron chi connectivity index (χ2n) is 5.80. The van der Waals surface area contributed by atoms with Crippen LogP contribution >= 0.6 is 22.7 Å². The molecule has 3 aromatic rings. The summed E-state index contributed by atoms with van der Waals surface area (Å²) in [6.45, 7) is 0. The van der Waals surface area contributed by atoms with Gasteiger partial charge in [-0.25, -0.2) is 0 Å². The molecule has 1 aliphatic heterocycles. The summed E-state index contributed by atoms with van der Waals surface area (Å²) in [6, 6.07) is 6.88. The number of thiophene rings is 1. The molecule has 2 N–H and O–H groups in total. The van der Waals surface area contributed by atoms with Crippen LogP contribution < -0.4 is 9.64 Å². The van der Waals surface area contributed by atoms with Gasteiger partial charge in [-0.2, -0.15) is 0 Å². The summed E-state index contributed by atoms with van der Waals surface area (Å²) in [5.74, 6) is -1.74. The molecule has 0 fully saturated rings. The first kappa shape index (κ1) is 18.1. The highest BCUT2D eigenvalue weighted by Crippen LogP contribution is 2.44. The Bertz CT molecular complexity index is 1080. The molecule has 0 aliphatic carbocycles. The Balaban J connectivity index is 1.90. The van der Waals surface area contributed by atoms with Crippen LogP contribution in [0.15, 0.2) is 52.6 Å². The molecule has 0 radical (unpaired) electrons. The van der Waals surface area contributed by atoms with Crippen molar-refractivity contribution < 1.29 is 24.5 Å². The van der Waals surface area contributed by atoms with Crippen LogP contribution in [0, 0.1) is 0 Å². The van der Waals surface area contributed by atoms with Crippen molar-refractivity contribution in [2.75, 3.05) is 12.0 Å². The topological polar surface area (TPSA) is 113 Å². The van der Waals surface area contributed by atoms with E-state index in [4.69, 9.17) is 4.74 Å². The minimum atomic E-state index is -0.940. The summed E-state index contributed by atoms with van der Waals surface area (Å²) in [5, 5.41) is 30.1. The molecule has 2 aromatic heterocycles. The number of amides is 1. The van der Waals surface area contributed by atoms with E-state index in [1.807, 2.05) is 0 Å². The fourth-order valence-electron chi connectivity index (χ4n) is 3.03. The zero-order chi connectivity index (χ0) is 19.8. The molecule has 8 nitrogen and oxygen atoms in total. The average Bonchev–Trinajstić information content (AvgIpc) is 3.44. The lowest BCUT2D eigenvalue weighted by Crippen LogP contribution is -2.31. The highest BCUT2D eigenvalue weighted by atomic mass is 32.1. The fraction of sp³-hybridized carbons (Fsp3) is 0.111. The first-order valence-electron chi connectivity index (χ1n) is 8.01. The number of hydrogen-bond acceptors (Lipinski definition) is 9. The third-order valence-electron chi connectivity index (χ3n) is 4.27. The van der Waals surface area contributed by atoms with E-state index in [1.165, 1.54) is 41.0 Å². The monoisotopic (exact) mass is 415 g/mol. The molecule has 4 rings (SSSR count). The number of aliphatic hydroxyl groups excluding tert-OH is 1. The van der Waals surface area contributed by atoms with E-state index < -0.39 is 23.5 Å². The first-order chi connectivity index (χ1) is 13.5. The van der Waals surface area contributed by atoms with Gasteiger partial charge in [0, 0.05) is 0 Å². The molecule has 142 valence electrons. The Kier molecular flexibility index (Phi) is 4.57. The highest BCUT2D eigenvalue weighted by Gasteiger charge is 2.46. The number of carbonyl (C=O) groups excluding carboxylic acids is 2. The van der Waals surface area contributed by atoms with Gasteiger partial charge in [-0.15, -0.1) is 21.5 Å². The Morgan fingerprint density at radius 2 is 2.07 bits per heavy atom. The summed E-state index contributed by atoms with van der Waals surface area (Å²) in [4.78, 5) is 27.5. The average molecular weight is 415 g/mol. The molecule has 0 saturated heterocycles. The largest absolute Gasteiger partial charge is 0.504 e. The molecule has 28 heavy (non-hydrogen) atoms. The van der Waals surface area contributed by atoms with E-state index in [0.717, 1.165) is 11.3 Å². The van der Waals surface area contributed by atoms with E-state index in [1.54, 1.807) is 23.6 Å². The Labute approximate surface area is 167 Å². The summed E-state index contributed by atoms with van der Waals surface area (Å²) < 4.78 is 5.15. The van der Waals surface area contributed by atoms with E-state index in [9.17, 15) is 19.8 Å². The van der Waals surface area contributed by atoms with Crippen LogP contribution in [-0.2, 0) is 4.79 Å². The van der Waals surface area contributed by atoms with Crippen LogP contribution in [0.4, 0.5) is 5.13 Å². The highest BCUT2D eigenvalue weighted by molar-refractivity contribution is 7.13. The van der Waals surface area contributed by atoms with Gasteiger partial charge in [-0.3, -0.25) is 14.5 Å².